The van der Waals surface area contributed by atoms with Gasteiger partial charge in [-0.05, 0) is 61.6 Å². The molecule has 2 amide bonds. The Morgan fingerprint density at radius 3 is 2.45 bits per heavy atom. The van der Waals surface area contributed by atoms with E-state index in [1.54, 1.807) is 6.07 Å². The third-order valence-corrected chi connectivity index (χ3v) is 7.49. The Morgan fingerprint density at radius 2 is 1.87 bits per heavy atom. The molecule has 2 fully saturated rings. The molecule has 6 heteroatoms. The second kappa shape index (κ2) is 11.1. The minimum atomic E-state index is -0.402. The van der Waals surface area contributed by atoms with Crippen LogP contribution >= 0.6 is 0 Å². The number of rotatable bonds is 11. The van der Waals surface area contributed by atoms with Crippen molar-refractivity contribution in [1.29, 1.82) is 0 Å². The van der Waals surface area contributed by atoms with Crippen molar-refractivity contribution in [3.63, 3.8) is 0 Å². The fraction of sp³-hybridized carbons (Fsp3) is 0.680. The van der Waals surface area contributed by atoms with Crippen LogP contribution in [0.3, 0.4) is 0 Å². The second-order valence-electron chi connectivity index (χ2n) is 9.31. The zero-order valence-corrected chi connectivity index (χ0v) is 19.1. The van der Waals surface area contributed by atoms with Crippen LogP contribution in [0.25, 0.3) is 0 Å². The van der Waals surface area contributed by atoms with E-state index in [0.29, 0.717) is 29.5 Å². The van der Waals surface area contributed by atoms with Crippen LogP contribution < -0.4 is 5.73 Å². The lowest BCUT2D eigenvalue weighted by Crippen LogP contribution is -2.44. The van der Waals surface area contributed by atoms with E-state index >= 15 is 0 Å². The number of piperidine rings is 1. The number of aliphatic hydroxyl groups excluding tert-OH is 1. The highest BCUT2D eigenvalue weighted by Crippen LogP contribution is 2.43. The summed E-state index contributed by atoms with van der Waals surface area (Å²) in [6.07, 6.45) is 7.74. The van der Waals surface area contributed by atoms with Crippen molar-refractivity contribution >= 4 is 11.8 Å². The fourth-order valence-corrected chi connectivity index (χ4v) is 5.58. The smallest absolute Gasteiger partial charge is 0.248 e. The lowest BCUT2D eigenvalue weighted by molar-refractivity contribution is -0.135. The van der Waals surface area contributed by atoms with E-state index in [4.69, 9.17) is 5.73 Å². The number of carbonyl (C=O) groups excluding carboxylic acids is 2. The number of nitrogens with zero attached hydrogens (tertiary/aromatic N) is 2. The van der Waals surface area contributed by atoms with E-state index in [2.05, 4.69) is 24.8 Å². The first-order valence-corrected chi connectivity index (χ1v) is 12.0. The molecule has 2 aliphatic rings. The molecule has 3 atom stereocenters. The van der Waals surface area contributed by atoms with Crippen LogP contribution in [0, 0.1) is 5.92 Å². The Labute approximate surface area is 186 Å². The first-order chi connectivity index (χ1) is 15.0. The van der Waals surface area contributed by atoms with Crippen LogP contribution in [0.5, 0.6) is 0 Å². The molecule has 2 unspecified atom stereocenters. The van der Waals surface area contributed by atoms with Crippen molar-refractivity contribution in [1.82, 2.24) is 9.80 Å². The average Bonchev–Trinajstić information content (AvgIpc) is 3.02. The van der Waals surface area contributed by atoms with Crippen molar-refractivity contribution in [2.75, 3.05) is 26.2 Å². The summed E-state index contributed by atoms with van der Waals surface area (Å²) in [5.74, 6) is 0.467. The molecule has 3 N–H and O–H groups in total. The number of primary amides is 1. The van der Waals surface area contributed by atoms with E-state index in [0.717, 1.165) is 51.7 Å². The lowest BCUT2D eigenvalue weighted by Gasteiger charge is -2.39. The monoisotopic (exact) mass is 429 g/mol. The molecule has 2 saturated heterocycles. The van der Waals surface area contributed by atoms with Crippen molar-refractivity contribution in [3.05, 3.63) is 35.4 Å². The predicted octanol–water partition coefficient (Wildman–Crippen LogP) is 3.14. The topological polar surface area (TPSA) is 86.9 Å². The Morgan fingerprint density at radius 1 is 1.19 bits per heavy atom. The van der Waals surface area contributed by atoms with Crippen molar-refractivity contribution in [2.45, 2.75) is 76.8 Å². The number of hydrogen-bond acceptors (Lipinski definition) is 4. The Balaban J connectivity index is 1.55. The summed E-state index contributed by atoms with van der Waals surface area (Å²) in [5.41, 5.74) is 7.30. The van der Waals surface area contributed by atoms with Crippen LogP contribution in [0.15, 0.2) is 24.3 Å². The third-order valence-electron chi connectivity index (χ3n) is 7.49. The van der Waals surface area contributed by atoms with Gasteiger partial charge in [-0.2, -0.15) is 0 Å². The predicted molar refractivity (Wildman–Crippen MR) is 123 cm³/mol. The fourth-order valence-electron chi connectivity index (χ4n) is 5.58. The number of carbonyl (C=O) groups is 2. The van der Waals surface area contributed by atoms with Crippen LogP contribution in [0.1, 0.15) is 80.6 Å². The van der Waals surface area contributed by atoms with E-state index in [-0.39, 0.29) is 11.8 Å². The maximum Gasteiger partial charge on any atom is 0.248 e. The number of hydrogen-bond donors (Lipinski definition) is 2. The van der Waals surface area contributed by atoms with Crippen molar-refractivity contribution in [2.24, 2.45) is 11.7 Å². The van der Waals surface area contributed by atoms with Gasteiger partial charge in [-0.15, -0.1) is 0 Å². The number of aliphatic hydroxyl groups is 1. The van der Waals surface area contributed by atoms with Gasteiger partial charge in [0.2, 0.25) is 11.8 Å². The molecule has 2 aliphatic heterocycles. The lowest BCUT2D eigenvalue weighted by atomic mass is 9.84. The average molecular weight is 430 g/mol. The largest absolute Gasteiger partial charge is 0.387 e. The summed E-state index contributed by atoms with van der Waals surface area (Å²) >= 11 is 0. The molecule has 0 aliphatic carbocycles. The minimum absolute atomic E-state index is 0.150. The number of fused-ring (bicyclic) bond motifs is 2. The molecule has 0 spiro atoms. The summed E-state index contributed by atoms with van der Waals surface area (Å²) in [7, 11) is 0. The summed E-state index contributed by atoms with van der Waals surface area (Å²) in [4.78, 5) is 28.3. The van der Waals surface area contributed by atoms with Crippen LogP contribution in [0.4, 0.5) is 0 Å². The zero-order valence-electron chi connectivity index (χ0n) is 19.1. The second-order valence-corrected chi connectivity index (χ2v) is 9.31. The molecule has 0 saturated carbocycles. The van der Waals surface area contributed by atoms with E-state index in [1.165, 1.54) is 18.4 Å². The van der Waals surface area contributed by atoms with Gasteiger partial charge in [0.1, 0.15) is 6.61 Å². The molecule has 3 rings (SSSR count). The molecule has 1 aromatic carbocycles. The summed E-state index contributed by atoms with van der Waals surface area (Å²) in [5, 5.41) is 9.37. The summed E-state index contributed by atoms with van der Waals surface area (Å²) in [6, 6.07) is 8.97. The van der Waals surface area contributed by atoms with Gasteiger partial charge in [0.05, 0.1) is 0 Å². The van der Waals surface area contributed by atoms with Crippen LogP contribution in [-0.4, -0.2) is 65.0 Å². The minimum Gasteiger partial charge on any atom is -0.387 e. The Bertz CT molecular complexity index is 735. The first kappa shape index (κ1) is 23.7. The number of benzene rings is 1. The Kier molecular flexibility index (Phi) is 8.50. The van der Waals surface area contributed by atoms with Crippen LogP contribution in [-0.2, 0) is 4.79 Å². The molecule has 172 valence electrons. The van der Waals surface area contributed by atoms with Gasteiger partial charge in [-0.25, -0.2) is 0 Å². The standard InChI is InChI=1S/C25H39N3O3/c1-3-18(4-2)16-27(24(30)17-29)11-6-12-28-22-9-10-23(28)15-21(14-22)19-7-5-8-20(13-19)25(26)31/h5,7-8,13,18,21-23,29H,3-4,6,9-12,14-17H2,1-2H3,(H2,26,31)/t21?,22-,23?/m1/s1. The van der Waals surface area contributed by atoms with Gasteiger partial charge in [0.25, 0.3) is 0 Å². The highest BCUT2D eigenvalue weighted by Gasteiger charge is 2.40. The van der Waals surface area contributed by atoms with Gasteiger partial charge in [-0.1, -0.05) is 38.8 Å². The van der Waals surface area contributed by atoms with Gasteiger partial charge in [-0.3, -0.25) is 14.5 Å². The molecule has 1 aromatic rings. The normalized spacial score (nSPS) is 23.3. The maximum atomic E-state index is 12.2. The van der Waals surface area contributed by atoms with Crippen LogP contribution in [0.2, 0.25) is 0 Å². The summed E-state index contributed by atoms with van der Waals surface area (Å²) in [6.45, 7) is 6.39. The molecular formula is C25H39N3O3. The highest BCUT2D eigenvalue weighted by molar-refractivity contribution is 5.92. The molecule has 0 radical (unpaired) electrons. The highest BCUT2D eigenvalue weighted by atomic mass is 16.3. The van der Waals surface area contributed by atoms with Crippen molar-refractivity contribution in [3.8, 4) is 0 Å². The van der Waals surface area contributed by atoms with Gasteiger partial charge in [0.15, 0.2) is 0 Å². The first-order valence-electron chi connectivity index (χ1n) is 12.0. The van der Waals surface area contributed by atoms with Gasteiger partial charge >= 0.3 is 0 Å². The van der Waals surface area contributed by atoms with E-state index in [9.17, 15) is 14.7 Å². The summed E-state index contributed by atoms with van der Waals surface area (Å²) < 4.78 is 0. The van der Waals surface area contributed by atoms with Gasteiger partial charge < -0.3 is 15.7 Å². The molecule has 6 nitrogen and oxygen atoms in total. The molecule has 31 heavy (non-hydrogen) atoms. The zero-order chi connectivity index (χ0) is 22.4. The Hall–Kier alpha value is -1.92. The molecule has 0 aromatic heterocycles. The number of amides is 2. The van der Waals surface area contributed by atoms with Gasteiger partial charge in [0, 0.05) is 37.3 Å². The maximum absolute atomic E-state index is 12.2. The van der Waals surface area contributed by atoms with E-state index in [1.807, 2.05) is 17.0 Å². The van der Waals surface area contributed by atoms with Crippen molar-refractivity contribution < 1.29 is 14.7 Å². The SMILES string of the molecule is CCC(CC)CN(CCCN1C2CC[C@@H]1CC(c1cccc(C(N)=O)c1)C2)C(=O)CO. The molecule has 2 bridgehead atoms. The number of nitrogens with two attached hydrogens (primary N) is 1. The molecule has 2 heterocycles. The van der Waals surface area contributed by atoms with E-state index < -0.39 is 6.61 Å². The third kappa shape index (κ3) is 5.86. The molecular weight excluding hydrogens is 390 g/mol. The quantitative estimate of drug-likeness (QED) is 0.566.